The fourth-order valence-corrected chi connectivity index (χ4v) is 2.78. The minimum absolute atomic E-state index is 0.777. The first-order valence-corrected chi connectivity index (χ1v) is 6.63. The van der Waals surface area contributed by atoms with E-state index in [1.807, 2.05) is 13.0 Å². The van der Waals surface area contributed by atoms with Crippen LogP contribution in [0, 0.1) is 6.92 Å². The largest absolute Gasteiger partial charge is 0.306 e. The number of nitrogens with zero attached hydrogens (tertiary/aromatic N) is 2. The summed E-state index contributed by atoms with van der Waals surface area (Å²) in [6.07, 6.45) is 1.79. The van der Waals surface area contributed by atoms with Crippen molar-refractivity contribution in [1.29, 1.82) is 0 Å². The molecule has 0 spiro atoms. The van der Waals surface area contributed by atoms with Gasteiger partial charge in [0.1, 0.15) is 5.82 Å². The van der Waals surface area contributed by atoms with Crippen LogP contribution in [-0.4, -0.2) is 9.97 Å². The summed E-state index contributed by atoms with van der Waals surface area (Å²) >= 11 is 5.19. The van der Waals surface area contributed by atoms with Crippen LogP contribution < -0.4 is 5.32 Å². The van der Waals surface area contributed by atoms with Gasteiger partial charge < -0.3 is 5.32 Å². The van der Waals surface area contributed by atoms with E-state index in [1.165, 1.54) is 4.88 Å². The molecule has 84 valence electrons. The highest BCUT2D eigenvalue weighted by molar-refractivity contribution is 9.10. The first kappa shape index (κ1) is 11.7. The summed E-state index contributed by atoms with van der Waals surface area (Å²) in [7, 11) is 0. The van der Waals surface area contributed by atoms with E-state index in [0.717, 1.165) is 29.1 Å². The molecule has 5 heteroatoms. The van der Waals surface area contributed by atoms with Crippen LogP contribution in [0.5, 0.6) is 0 Å². The molecule has 0 saturated heterocycles. The predicted molar refractivity (Wildman–Crippen MR) is 69.3 cm³/mol. The highest BCUT2D eigenvalue weighted by Crippen LogP contribution is 2.19. The molecule has 0 fully saturated rings. The minimum atomic E-state index is 0.777. The van der Waals surface area contributed by atoms with Gasteiger partial charge in [0.25, 0.3) is 0 Å². The summed E-state index contributed by atoms with van der Waals surface area (Å²) in [6.45, 7) is 3.55. The van der Waals surface area contributed by atoms with Crippen molar-refractivity contribution in [2.24, 2.45) is 0 Å². The number of hydrogen-bond donors (Lipinski definition) is 1. The summed E-state index contributed by atoms with van der Waals surface area (Å²) in [5.41, 5.74) is 1.03. The van der Waals surface area contributed by atoms with Crippen LogP contribution in [0.25, 0.3) is 0 Å². The van der Waals surface area contributed by atoms with Gasteiger partial charge in [0.2, 0.25) is 0 Å². The zero-order valence-corrected chi connectivity index (χ0v) is 11.3. The molecule has 0 radical (unpaired) electrons. The first-order chi connectivity index (χ1) is 7.74. The summed E-state index contributed by atoms with van der Waals surface area (Å²) < 4.78 is 1.15. The second-order valence-corrected chi connectivity index (χ2v) is 5.34. The van der Waals surface area contributed by atoms with Gasteiger partial charge in [-0.2, -0.15) is 0 Å². The Bertz CT molecular complexity index is 470. The normalized spacial score (nSPS) is 10.6. The fraction of sp³-hybridized carbons (Fsp3) is 0.273. The Morgan fingerprint density at radius 1 is 1.44 bits per heavy atom. The van der Waals surface area contributed by atoms with E-state index >= 15 is 0 Å². The zero-order valence-electron chi connectivity index (χ0n) is 8.90. The van der Waals surface area contributed by atoms with Crippen molar-refractivity contribution < 1.29 is 0 Å². The summed E-state index contributed by atoms with van der Waals surface area (Å²) in [4.78, 5) is 9.71. The molecule has 0 aliphatic carbocycles. The lowest BCUT2D eigenvalue weighted by Gasteiger charge is -2.02. The first-order valence-electron chi connectivity index (χ1n) is 4.96. The van der Waals surface area contributed by atoms with Gasteiger partial charge in [0.15, 0.2) is 0 Å². The standard InChI is InChI=1S/C11H12BrN3S/c1-8-14-3-2-10(15-8)5-13-6-11-4-9(12)7-16-11/h2-4,7,13H,5-6H2,1H3. The van der Waals surface area contributed by atoms with Gasteiger partial charge >= 0.3 is 0 Å². The molecule has 3 nitrogen and oxygen atoms in total. The molecule has 2 aromatic rings. The molecule has 1 N–H and O–H groups in total. The number of aromatic nitrogens is 2. The van der Waals surface area contributed by atoms with E-state index in [4.69, 9.17) is 0 Å². The van der Waals surface area contributed by atoms with Gasteiger partial charge in [-0.1, -0.05) is 0 Å². The lowest BCUT2D eigenvalue weighted by Crippen LogP contribution is -2.13. The molecule has 0 amide bonds. The molecule has 2 rings (SSSR count). The Balaban J connectivity index is 1.84. The topological polar surface area (TPSA) is 37.8 Å². The maximum Gasteiger partial charge on any atom is 0.125 e. The molecule has 2 aromatic heterocycles. The maximum atomic E-state index is 4.33. The van der Waals surface area contributed by atoms with Crippen molar-refractivity contribution in [2.45, 2.75) is 20.0 Å². The van der Waals surface area contributed by atoms with Gasteiger partial charge in [-0.25, -0.2) is 9.97 Å². The van der Waals surface area contributed by atoms with Gasteiger partial charge in [-0.05, 0) is 35.0 Å². The predicted octanol–water partition coefficient (Wildman–Crippen LogP) is 2.90. The molecule has 0 atom stereocenters. The Labute approximate surface area is 107 Å². The van der Waals surface area contributed by atoms with Crippen molar-refractivity contribution in [2.75, 3.05) is 0 Å². The van der Waals surface area contributed by atoms with Crippen LogP contribution >= 0.6 is 27.3 Å². The van der Waals surface area contributed by atoms with Gasteiger partial charge in [-0.15, -0.1) is 11.3 Å². The van der Waals surface area contributed by atoms with E-state index in [9.17, 15) is 0 Å². The Morgan fingerprint density at radius 2 is 2.31 bits per heavy atom. The summed E-state index contributed by atoms with van der Waals surface area (Å²) in [5.74, 6) is 0.818. The quantitative estimate of drug-likeness (QED) is 0.943. The number of thiophene rings is 1. The van der Waals surface area contributed by atoms with Crippen molar-refractivity contribution >= 4 is 27.3 Å². The maximum absolute atomic E-state index is 4.33. The van der Waals surface area contributed by atoms with Crippen LogP contribution in [-0.2, 0) is 13.1 Å². The molecule has 0 saturated carbocycles. The molecular formula is C11H12BrN3S. The number of rotatable bonds is 4. The van der Waals surface area contributed by atoms with Crippen LogP contribution in [0.15, 0.2) is 28.2 Å². The number of aryl methyl sites for hydroxylation is 1. The lowest BCUT2D eigenvalue weighted by atomic mass is 10.4. The Hall–Kier alpha value is -0.780. The SMILES string of the molecule is Cc1nccc(CNCc2cc(Br)cs2)n1. The molecule has 0 bridgehead atoms. The number of hydrogen-bond acceptors (Lipinski definition) is 4. The van der Waals surface area contributed by atoms with E-state index in [-0.39, 0.29) is 0 Å². The van der Waals surface area contributed by atoms with Crippen molar-refractivity contribution in [1.82, 2.24) is 15.3 Å². The Kier molecular flexibility index (Phi) is 4.04. The highest BCUT2D eigenvalue weighted by atomic mass is 79.9. The summed E-state index contributed by atoms with van der Waals surface area (Å²) in [6, 6.07) is 4.06. The van der Waals surface area contributed by atoms with Crippen molar-refractivity contribution in [3.05, 3.63) is 44.6 Å². The van der Waals surface area contributed by atoms with E-state index in [2.05, 4.69) is 42.7 Å². The molecule has 2 heterocycles. The second-order valence-electron chi connectivity index (χ2n) is 3.43. The van der Waals surface area contributed by atoms with Crippen LogP contribution in [0.2, 0.25) is 0 Å². The van der Waals surface area contributed by atoms with Crippen molar-refractivity contribution in [3.63, 3.8) is 0 Å². The molecule has 0 aromatic carbocycles. The van der Waals surface area contributed by atoms with E-state index in [0.29, 0.717) is 0 Å². The van der Waals surface area contributed by atoms with Crippen LogP contribution in [0.1, 0.15) is 16.4 Å². The highest BCUT2D eigenvalue weighted by Gasteiger charge is 1.98. The van der Waals surface area contributed by atoms with E-state index in [1.54, 1.807) is 17.5 Å². The smallest absolute Gasteiger partial charge is 0.125 e. The van der Waals surface area contributed by atoms with Gasteiger partial charge in [0.05, 0.1) is 5.69 Å². The van der Waals surface area contributed by atoms with Crippen LogP contribution in [0.3, 0.4) is 0 Å². The average molecular weight is 298 g/mol. The van der Waals surface area contributed by atoms with Gasteiger partial charge in [-0.3, -0.25) is 0 Å². The van der Waals surface area contributed by atoms with Crippen LogP contribution in [0.4, 0.5) is 0 Å². The molecule has 0 unspecified atom stereocenters. The minimum Gasteiger partial charge on any atom is -0.306 e. The molecular weight excluding hydrogens is 286 g/mol. The lowest BCUT2D eigenvalue weighted by molar-refractivity contribution is 0.681. The molecule has 16 heavy (non-hydrogen) atoms. The number of nitrogens with one attached hydrogen (secondary N) is 1. The molecule has 0 aliphatic rings. The van der Waals surface area contributed by atoms with Gasteiger partial charge in [0, 0.05) is 34.0 Å². The zero-order chi connectivity index (χ0) is 11.4. The number of halogens is 1. The third-order valence-electron chi connectivity index (χ3n) is 2.06. The summed E-state index contributed by atoms with van der Waals surface area (Å²) in [5, 5.41) is 5.45. The molecule has 0 aliphatic heterocycles. The van der Waals surface area contributed by atoms with E-state index < -0.39 is 0 Å². The second kappa shape index (κ2) is 5.52. The third kappa shape index (κ3) is 3.37. The average Bonchev–Trinajstić information content (AvgIpc) is 2.64. The fourth-order valence-electron chi connectivity index (χ4n) is 1.36. The van der Waals surface area contributed by atoms with Crippen molar-refractivity contribution in [3.8, 4) is 0 Å². The Morgan fingerprint density at radius 3 is 3.00 bits per heavy atom. The monoisotopic (exact) mass is 297 g/mol. The third-order valence-corrected chi connectivity index (χ3v) is 3.76.